The normalized spacial score (nSPS) is 10.6. The largest absolute Gasteiger partial charge is 0.497 e. The van der Waals surface area contributed by atoms with E-state index in [-0.39, 0.29) is 6.03 Å². The van der Waals surface area contributed by atoms with Gasteiger partial charge < -0.3 is 19.9 Å². The van der Waals surface area contributed by atoms with Crippen molar-refractivity contribution in [2.75, 3.05) is 13.7 Å². The van der Waals surface area contributed by atoms with Gasteiger partial charge in [-0.2, -0.15) is 0 Å². The Morgan fingerprint density at radius 2 is 2.15 bits per heavy atom. The Balaban J connectivity index is 2.15. The van der Waals surface area contributed by atoms with E-state index in [0.29, 0.717) is 13.1 Å². The van der Waals surface area contributed by atoms with Crippen molar-refractivity contribution in [3.8, 4) is 5.75 Å². The van der Waals surface area contributed by atoms with Crippen LogP contribution in [0.2, 0.25) is 0 Å². The molecule has 108 valence electrons. The Labute approximate surface area is 118 Å². The fraction of sp³-hybridized carbons (Fsp3) is 0.400. The highest BCUT2D eigenvalue weighted by Gasteiger charge is 2.08. The molecule has 5 heteroatoms. The molecule has 0 aliphatic carbocycles. The number of rotatable bonds is 5. The predicted octanol–water partition coefficient (Wildman–Crippen LogP) is 2.40. The van der Waals surface area contributed by atoms with Gasteiger partial charge in [0.25, 0.3) is 0 Å². The maximum atomic E-state index is 11.6. The number of hydrogen-bond donors (Lipinski definition) is 2. The van der Waals surface area contributed by atoms with Gasteiger partial charge in [0.15, 0.2) is 0 Å². The highest BCUT2D eigenvalue weighted by molar-refractivity contribution is 5.86. The van der Waals surface area contributed by atoms with Gasteiger partial charge in [-0.25, -0.2) is 4.79 Å². The van der Waals surface area contributed by atoms with Gasteiger partial charge in [0.2, 0.25) is 0 Å². The predicted molar refractivity (Wildman–Crippen MR) is 80.0 cm³/mol. The number of carbonyl (C=O) groups excluding carboxylic acids is 1. The number of aromatic nitrogens is 1. The van der Waals surface area contributed by atoms with E-state index in [0.717, 1.165) is 28.6 Å². The van der Waals surface area contributed by atoms with Crippen LogP contribution in [0.25, 0.3) is 10.9 Å². The van der Waals surface area contributed by atoms with E-state index >= 15 is 0 Å². The first-order valence-corrected chi connectivity index (χ1v) is 6.79. The molecule has 0 radical (unpaired) electrons. The van der Waals surface area contributed by atoms with Crippen molar-refractivity contribution < 1.29 is 9.53 Å². The number of ether oxygens (including phenoxy) is 1. The fourth-order valence-corrected chi connectivity index (χ4v) is 2.20. The molecule has 1 heterocycles. The quantitative estimate of drug-likeness (QED) is 0.880. The molecule has 2 aromatic rings. The second-order valence-corrected chi connectivity index (χ2v) is 4.76. The topological polar surface area (TPSA) is 55.3 Å². The molecule has 0 atom stereocenters. The van der Waals surface area contributed by atoms with Crippen LogP contribution in [-0.4, -0.2) is 24.3 Å². The molecule has 0 saturated carbocycles. The summed E-state index contributed by atoms with van der Waals surface area (Å²) in [6.45, 7) is 3.21. The van der Waals surface area contributed by atoms with Gasteiger partial charge in [-0.05, 0) is 30.2 Å². The van der Waals surface area contributed by atoms with Crippen LogP contribution >= 0.6 is 0 Å². The summed E-state index contributed by atoms with van der Waals surface area (Å²) in [4.78, 5) is 11.6. The van der Waals surface area contributed by atoms with Gasteiger partial charge >= 0.3 is 6.03 Å². The molecular weight excluding hydrogens is 254 g/mol. The van der Waals surface area contributed by atoms with Crippen LogP contribution in [0.5, 0.6) is 5.75 Å². The molecule has 0 fully saturated rings. The van der Waals surface area contributed by atoms with Crippen LogP contribution in [-0.2, 0) is 13.6 Å². The number of methoxy groups -OCH3 is 1. The Hall–Kier alpha value is -2.17. The average molecular weight is 275 g/mol. The molecular formula is C15H21N3O2. The highest BCUT2D eigenvalue weighted by Crippen LogP contribution is 2.25. The standard InChI is InChI=1S/C15H21N3O2/c1-4-7-16-15(19)17-9-11-10-18(2)14-6-5-12(20-3)8-13(11)14/h5-6,8,10H,4,7,9H2,1-3H3,(H2,16,17,19). The van der Waals surface area contributed by atoms with Gasteiger partial charge in [-0.1, -0.05) is 6.92 Å². The van der Waals surface area contributed by atoms with Crippen molar-refractivity contribution in [2.45, 2.75) is 19.9 Å². The SMILES string of the molecule is CCCNC(=O)NCc1cn(C)c2ccc(OC)cc12. The fourth-order valence-electron chi connectivity index (χ4n) is 2.20. The molecule has 1 aromatic heterocycles. The van der Waals surface area contributed by atoms with Crippen molar-refractivity contribution in [1.82, 2.24) is 15.2 Å². The minimum absolute atomic E-state index is 0.133. The number of hydrogen-bond acceptors (Lipinski definition) is 2. The first kappa shape index (κ1) is 14.2. The molecule has 0 aliphatic heterocycles. The maximum absolute atomic E-state index is 11.6. The summed E-state index contributed by atoms with van der Waals surface area (Å²) < 4.78 is 7.31. The number of nitrogens with zero attached hydrogens (tertiary/aromatic N) is 1. The third-order valence-electron chi connectivity index (χ3n) is 3.25. The number of carbonyl (C=O) groups is 1. The number of nitrogens with one attached hydrogen (secondary N) is 2. The third kappa shape index (κ3) is 3.04. The molecule has 1 aromatic carbocycles. The highest BCUT2D eigenvalue weighted by atomic mass is 16.5. The number of fused-ring (bicyclic) bond motifs is 1. The maximum Gasteiger partial charge on any atom is 0.315 e. The Kier molecular flexibility index (Phi) is 4.50. The van der Waals surface area contributed by atoms with Gasteiger partial charge in [0, 0.05) is 37.2 Å². The van der Waals surface area contributed by atoms with Crippen molar-refractivity contribution >= 4 is 16.9 Å². The lowest BCUT2D eigenvalue weighted by molar-refractivity contribution is 0.240. The summed E-state index contributed by atoms with van der Waals surface area (Å²) in [5.74, 6) is 0.820. The molecule has 20 heavy (non-hydrogen) atoms. The van der Waals surface area contributed by atoms with Crippen molar-refractivity contribution in [3.63, 3.8) is 0 Å². The zero-order valence-electron chi connectivity index (χ0n) is 12.2. The number of amides is 2. The summed E-state index contributed by atoms with van der Waals surface area (Å²) >= 11 is 0. The minimum Gasteiger partial charge on any atom is -0.497 e. The second kappa shape index (κ2) is 6.32. The van der Waals surface area contributed by atoms with Gasteiger partial charge in [0.1, 0.15) is 5.75 Å². The van der Waals surface area contributed by atoms with Crippen LogP contribution in [0.1, 0.15) is 18.9 Å². The summed E-state index contributed by atoms with van der Waals surface area (Å²) in [5, 5.41) is 6.77. The summed E-state index contributed by atoms with van der Waals surface area (Å²) in [5.41, 5.74) is 2.20. The Morgan fingerprint density at radius 3 is 2.85 bits per heavy atom. The lowest BCUT2D eigenvalue weighted by Crippen LogP contribution is -2.35. The molecule has 2 rings (SSSR count). The first-order valence-electron chi connectivity index (χ1n) is 6.79. The van der Waals surface area contributed by atoms with Crippen LogP contribution in [0.3, 0.4) is 0 Å². The summed E-state index contributed by atoms with van der Waals surface area (Å²) in [7, 11) is 3.65. The van der Waals surface area contributed by atoms with E-state index in [9.17, 15) is 4.79 Å². The molecule has 0 spiro atoms. The molecule has 2 amide bonds. The monoisotopic (exact) mass is 275 g/mol. The van der Waals surface area contributed by atoms with E-state index in [1.807, 2.05) is 38.4 Å². The van der Waals surface area contributed by atoms with E-state index in [2.05, 4.69) is 15.2 Å². The Bertz CT molecular complexity index is 604. The Morgan fingerprint density at radius 1 is 1.35 bits per heavy atom. The zero-order valence-corrected chi connectivity index (χ0v) is 12.2. The summed E-state index contributed by atoms with van der Waals surface area (Å²) in [6.07, 6.45) is 2.96. The van der Waals surface area contributed by atoms with Crippen LogP contribution in [0.15, 0.2) is 24.4 Å². The molecule has 0 unspecified atom stereocenters. The third-order valence-corrected chi connectivity index (χ3v) is 3.25. The zero-order chi connectivity index (χ0) is 14.5. The average Bonchev–Trinajstić information content (AvgIpc) is 2.78. The van der Waals surface area contributed by atoms with E-state index in [1.165, 1.54) is 0 Å². The second-order valence-electron chi connectivity index (χ2n) is 4.76. The van der Waals surface area contributed by atoms with Crippen molar-refractivity contribution in [2.24, 2.45) is 7.05 Å². The van der Waals surface area contributed by atoms with Crippen molar-refractivity contribution in [1.29, 1.82) is 0 Å². The number of aryl methyl sites for hydroxylation is 1. The number of urea groups is 1. The number of benzene rings is 1. The summed E-state index contributed by atoms with van der Waals surface area (Å²) in [6, 6.07) is 5.82. The molecule has 0 aliphatic rings. The van der Waals surface area contributed by atoms with Crippen LogP contribution in [0.4, 0.5) is 4.79 Å². The van der Waals surface area contributed by atoms with Gasteiger partial charge in [0.05, 0.1) is 7.11 Å². The van der Waals surface area contributed by atoms with E-state index < -0.39 is 0 Å². The van der Waals surface area contributed by atoms with Gasteiger partial charge in [-0.3, -0.25) is 0 Å². The molecule has 0 saturated heterocycles. The lowest BCUT2D eigenvalue weighted by Gasteiger charge is -2.06. The minimum atomic E-state index is -0.133. The van der Waals surface area contributed by atoms with Crippen LogP contribution in [0, 0.1) is 0 Å². The molecule has 5 nitrogen and oxygen atoms in total. The van der Waals surface area contributed by atoms with Crippen molar-refractivity contribution in [3.05, 3.63) is 30.0 Å². The van der Waals surface area contributed by atoms with E-state index in [1.54, 1.807) is 7.11 Å². The van der Waals surface area contributed by atoms with Crippen LogP contribution < -0.4 is 15.4 Å². The molecule has 2 N–H and O–H groups in total. The first-order chi connectivity index (χ1) is 9.65. The smallest absolute Gasteiger partial charge is 0.315 e. The lowest BCUT2D eigenvalue weighted by atomic mass is 10.1. The van der Waals surface area contributed by atoms with E-state index in [4.69, 9.17) is 4.74 Å². The van der Waals surface area contributed by atoms with Gasteiger partial charge in [-0.15, -0.1) is 0 Å². The molecule has 0 bridgehead atoms.